The fraction of sp³-hybridized carbons (Fsp3) is 0.357. The van der Waals surface area contributed by atoms with E-state index in [-0.39, 0.29) is 11.9 Å². The molecule has 3 nitrogen and oxygen atoms in total. The molecule has 96 valence electrons. The highest BCUT2D eigenvalue weighted by Gasteiger charge is 2.17. The van der Waals surface area contributed by atoms with Gasteiger partial charge >= 0.3 is 0 Å². The fourth-order valence-corrected chi connectivity index (χ4v) is 2.08. The molecule has 4 heteroatoms. The number of halogens is 1. The van der Waals surface area contributed by atoms with Crippen molar-refractivity contribution in [1.82, 2.24) is 14.9 Å². The van der Waals surface area contributed by atoms with E-state index in [1.807, 2.05) is 37.0 Å². The third-order valence-corrected chi connectivity index (χ3v) is 3.25. The topological polar surface area (TPSA) is 29.9 Å². The third kappa shape index (κ3) is 2.43. The maximum Gasteiger partial charge on any atom is 0.130 e. The van der Waals surface area contributed by atoms with Gasteiger partial charge in [0.25, 0.3) is 0 Å². The normalized spacial score (nSPS) is 12.7. The van der Waals surface area contributed by atoms with E-state index in [2.05, 4.69) is 10.3 Å². The van der Waals surface area contributed by atoms with Crippen LogP contribution in [-0.2, 0) is 13.5 Å². The van der Waals surface area contributed by atoms with Gasteiger partial charge in [-0.15, -0.1) is 0 Å². The molecular formula is C14H18FN3. The Balaban J connectivity index is 2.29. The molecule has 0 saturated heterocycles. The van der Waals surface area contributed by atoms with Gasteiger partial charge in [-0.05, 0) is 19.5 Å². The highest BCUT2D eigenvalue weighted by Crippen LogP contribution is 2.22. The van der Waals surface area contributed by atoms with Crippen LogP contribution in [0.25, 0.3) is 0 Å². The summed E-state index contributed by atoms with van der Waals surface area (Å²) in [5.41, 5.74) is 1.37. The van der Waals surface area contributed by atoms with Crippen molar-refractivity contribution in [3.8, 4) is 0 Å². The lowest BCUT2D eigenvalue weighted by atomic mass is 10.0. The van der Waals surface area contributed by atoms with Gasteiger partial charge < -0.3 is 9.88 Å². The van der Waals surface area contributed by atoms with Crippen LogP contribution >= 0.6 is 0 Å². The van der Waals surface area contributed by atoms with Crippen LogP contribution < -0.4 is 5.32 Å². The number of likely N-dealkylation sites (N-methyl/N-ethyl adjacent to an activating group) is 1. The second kappa shape index (κ2) is 5.31. The van der Waals surface area contributed by atoms with Crippen molar-refractivity contribution in [2.24, 2.45) is 7.05 Å². The maximum absolute atomic E-state index is 14.1. The van der Waals surface area contributed by atoms with Crippen LogP contribution in [0.15, 0.2) is 30.6 Å². The molecule has 0 radical (unpaired) electrons. The minimum absolute atomic E-state index is 0.0639. The lowest BCUT2D eigenvalue weighted by molar-refractivity contribution is 0.516. The first-order chi connectivity index (χ1) is 8.63. The summed E-state index contributed by atoms with van der Waals surface area (Å²) in [5, 5.41) is 3.16. The van der Waals surface area contributed by atoms with E-state index in [9.17, 15) is 4.39 Å². The number of rotatable bonds is 4. The molecule has 18 heavy (non-hydrogen) atoms. The molecule has 1 aromatic heterocycles. The van der Waals surface area contributed by atoms with Crippen LogP contribution in [0, 0.1) is 12.7 Å². The Kier molecular flexibility index (Phi) is 3.77. The summed E-state index contributed by atoms with van der Waals surface area (Å²) in [6.07, 6.45) is 4.32. The van der Waals surface area contributed by atoms with Gasteiger partial charge in [-0.1, -0.05) is 18.2 Å². The van der Waals surface area contributed by atoms with Gasteiger partial charge in [0, 0.05) is 37.5 Å². The summed E-state index contributed by atoms with van der Waals surface area (Å²) in [6.45, 7) is 1.78. The fourth-order valence-electron chi connectivity index (χ4n) is 2.08. The second-order valence-electron chi connectivity index (χ2n) is 4.48. The highest BCUT2D eigenvalue weighted by molar-refractivity contribution is 5.28. The highest BCUT2D eigenvalue weighted by atomic mass is 19.1. The molecule has 0 fully saturated rings. The zero-order valence-corrected chi connectivity index (χ0v) is 10.9. The zero-order valence-electron chi connectivity index (χ0n) is 10.9. The van der Waals surface area contributed by atoms with Gasteiger partial charge in [0.1, 0.15) is 11.6 Å². The first-order valence-corrected chi connectivity index (χ1v) is 6.02. The largest absolute Gasteiger partial charge is 0.338 e. The first-order valence-electron chi connectivity index (χ1n) is 6.02. The summed E-state index contributed by atoms with van der Waals surface area (Å²) in [6, 6.07) is 5.43. The lowest BCUT2D eigenvalue weighted by Gasteiger charge is -2.18. The van der Waals surface area contributed by atoms with E-state index in [1.165, 1.54) is 0 Å². The minimum atomic E-state index is -0.133. The molecule has 0 amide bonds. The van der Waals surface area contributed by atoms with Gasteiger partial charge in [-0.25, -0.2) is 9.37 Å². The maximum atomic E-state index is 14.1. The molecule has 0 saturated carbocycles. The molecule has 2 rings (SSSR count). The van der Waals surface area contributed by atoms with Gasteiger partial charge in [0.05, 0.1) is 0 Å². The quantitative estimate of drug-likeness (QED) is 0.899. The van der Waals surface area contributed by atoms with Crippen molar-refractivity contribution < 1.29 is 4.39 Å². The summed E-state index contributed by atoms with van der Waals surface area (Å²) >= 11 is 0. The predicted molar refractivity (Wildman–Crippen MR) is 69.8 cm³/mol. The van der Waals surface area contributed by atoms with Crippen molar-refractivity contribution in [2.75, 3.05) is 7.05 Å². The van der Waals surface area contributed by atoms with E-state index in [4.69, 9.17) is 0 Å². The minimum Gasteiger partial charge on any atom is -0.338 e. The number of hydrogen-bond donors (Lipinski definition) is 1. The summed E-state index contributed by atoms with van der Waals surface area (Å²) in [7, 11) is 3.79. The lowest BCUT2D eigenvalue weighted by Crippen LogP contribution is -2.21. The molecule has 0 bridgehead atoms. The van der Waals surface area contributed by atoms with Crippen LogP contribution in [0.1, 0.15) is 23.0 Å². The van der Waals surface area contributed by atoms with Gasteiger partial charge in [0.2, 0.25) is 0 Å². The Morgan fingerprint density at radius 2 is 2.22 bits per heavy atom. The van der Waals surface area contributed by atoms with Crippen molar-refractivity contribution in [3.63, 3.8) is 0 Å². The van der Waals surface area contributed by atoms with Gasteiger partial charge in [-0.3, -0.25) is 0 Å². The Labute approximate surface area is 107 Å². The monoisotopic (exact) mass is 247 g/mol. The number of aromatic nitrogens is 2. The Hall–Kier alpha value is -1.68. The Bertz CT molecular complexity index is 534. The molecule has 1 aromatic carbocycles. The van der Waals surface area contributed by atoms with Crippen LogP contribution in [-0.4, -0.2) is 16.6 Å². The van der Waals surface area contributed by atoms with E-state index < -0.39 is 0 Å². The molecule has 2 aromatic rings. The van der Waals surface area contributed by atoms with E-state index in [0.717, 1.165) is 5.82 Å². The number of nitrogens with zero attached hydrogens (tertiary/aromatic N) is 2. The van der Waals surface area contributed by atoms with Crippen molar-refractivity contribution in [1.29, 1.82) is 0 Å². The Morgan fingerprint density at radius 1 is 1.44 bits per heavy atom. The average Bonchev–Trinajstić information content (AvgIpc) is 2.76. The van der Waals surface area contributed by atoms with Gasteiger partial charge in [0.15, 0.2) is 0 Å². The number of hydrogen-bond acceptors (Lipinski definition) is 2. The van der Waals surface area contributed by atoms with Crippen LogP contribution in [0.3, 0.4) is 0 Å². The number of nitrogens with one attached hydrogen (secondary N) is 1. The molecule has 1 heterocycles. The molecular weight excluding hydrogens is 229 g/mol. The number of benzene rings is 1. The van der Waals surface area contributed by atoms with Crippen molar-refractivity contribution >= 4 is 0 Å². The molecule has 0 spiro atoms. The molecule has 1 atom stereocenters. The number of imidazole rings is 1. The zero-order chi connectivity index (χ0) is 13.1. The second-order valence-corrected chi connectivity index (χ2v) is 4.48. The average molecular weight is 247 g/mol. The van der Waals surface area contributed by atoms with Crippen molar-refractivity contribution in [2.45, 2.75) is 19.4 Å². The molecule has 0 aliphatic carbocycles. The summed E-state index contributed by atoms with van der Waals surface area (Å²) in [4.78, 5) is 4.28. The van der Waals surface area contributed by atoms with E-state index >= 15 is 0 Å². The molecule has 0 aliphatic rings. The summed E-state index contributed by atoms with van der Waals surface area (Å²) < 4.78 is 16.1. The van der Waals surface area contributed by atoms with Crippen LogP contribution in [0.4, 0.5) is 4.39 Å². The molecule has 0 aliphatic heterocycles. The summed E-state index contributed by atoms with van der Waals surface area (Å²) in [5.74, 6) is 0.807. The van der Waals surface area contributed by atoms with Crippen LogP contribution in [0.5, 0.6) is 0 Å². The Morgan fingerprint density at radius 3 is 2.83 bits per heavy atom. The standard InChI is InChI=1S/C14H18FN3/c1-10-5-4-6-11(14(10)15)12(16-2)9-13-17-7-8-18(13)3/h4-8,12,16H,9H2,1-3H3. The predicted octanol–water partition coefficient (Wildman–Crippen LogP) is 2.37. The molecule has 1 N–H and O–H groups in total. The van der Waals surface area contributed by atoms with Crippen LogP contribution in [0.2, 0.25) is 0 Å². The number of aryl methyl sites for hydroxylation is 2. The first kappa shape index (κ1) is 12.8. The van der Waals surface area contributed by atoms with Crippen molar-refractivity contribution in [3.05, 3.63) is 53.4 Å². The smallest absolute Gasteiger partial charge is 0.130 e. The van der Waals surface area contributed by atoms with E-state index in [1.54, 1.807) is 19.2 Å². The third-order valence-electron chi connectivity index (χ3n) is 3.25. The van der Waals surface area contributed by atoms with Gasteiger partial charge in [-0.2, -0.15) is 0 Å². The van der Waals surface area contributed by atoms with E-state index in [0.29, 0.717) is 17.5 Å². The SMILES string of the molecule is CNC(Cc1nccn1C)c1cccc(C)c1F. The molecule has 1 unspecified atom stereocenters.